The first-order valence-corrected chi connectivity index (χ1v) is 12.1. The van der Waals surface area contributed by atoms with E-state index in [1.54, 1.807) is 0 Å². The Morgan fingerprint density at radius 3 is 2.58 bits per heavy atom. The summed E-state index contributed by atoms with van der Waals surface area (Å²) in [6.45, 7) is 2.68. The smallest absolute Gasteiger partial charge is 0.407 e. The molecular weight excluding hydrogens is 412 g/mol. The fourth-order valence-corrected chi connectivity index (χ4v) is 5.01. The van der Waals surface area contributed by atoms with E-state index < -0.39 is 12.1 Å². The molecule has 1 aromatic carbocycles. The number of nitrogens with one attached hydrogen (secondary N) is 1. The van der Waals surface area contributed by atoms with E-state index in [0.29, 0.717) is 24.5 Å². The summed E-state index contributed by atoms with van der Waals surface area (Å²) in [5.74, 6) is 1.38. The first-order valence-electron chi connectivity index (χ1n) is 11.2. The third-order valence-electron chi connectivity index (χ3n) is 6.39. The van der Waals surface area contributed by atoms with Crippen LogP contribution in [0.25, 0.3) is 11.3 Å². The van der Waals surface area contributed by atoms with Gasteiger partial charge in [-0.1, -0.05) is 12.1 Å². The average molecular weight is 441 g/mol. The van der Waals surface area contributed by atoms with Gasteiger partial charge >= 0.3 is 6.09 Å². The molecule has 0 bridgehead atoms. The first kappa shape index (κ1) is 20.3. The van der Waals surface area contributed by atoms with Crippen LogP contribution in [0.15, 0.2) is 29.6 Å². The summed E-state index contributed by atoms with van der Waals surface area (Å²) in [5, 5.41) is 14.5. The lowest BCUT2D eigenvalue weighted by molar-refractivity contribution is -0.119. The highest BCUT2D eigenvalue weighted by Gasteiger charge is 2.34. The molecule has 164 valence electrons. The number of amides is 2. The maximum atomic E-state index is 12.6. The van der Waals surface area contributed by atoms with Gasteiger partial charge in [-0.25, -0.2) is 9.78 Å². The molecule has 1 aromatic heterocycles. The molecule has 2 aromatic rings. The molecular formula is C23H28N4O3S. The SMILES string of the molecule is O=C(Nc1nc(-c2cccc(N(CC3CC3)CC3CC3)c2)cs1)C1CCCN1C(=O)O. The molecule has 2 N–H and O–H groups in total. The van der Waals surface area contributed by atoms with Crippen molar-refractivity contribution >= 4 is 34.2 Å². The number of hydrogen-bond acceptors (Lipinski definition) is 5. The number of carbonyl (C=O) groups is 2. The monoisotopic (exact) mass is 440 g/mol. The van der Waals surface area contributed by atoms with Gasteiger partial charge in [-0.3, -0.25) is 9.69 Å². The van der Waals surface area contributed by atoms with Crippen LogP contribution >= 0.6 is 11.3 Å². The zero-order valence-electron chi connectivity index (χ0n) is 17.5. The third kappa shape index (κ3) is 4.84. The Balaban J connectivity index is 1.28. The molecule has 7 nitrogen and oxygen atoms in total. The molecule has 1 unspecified atom stereocenters. The second-order valence-electron chi connectivity index (χ2n) is 9.00. The minimum atomic E-state index is -1.05. The van der Waals surface area contributed by atoms with Gasteiger partial charge in [-0.15, -0.1) is 11.3 Å². The van der Waals surface area contributed by atoms with E-state index in [1.165, 1.54) is 47.6 Å². The molecule has 0 spiro atoms. The van der Waals surface area contributed by atoms with Crippen molar-refractivity contribution in [3.8, 4) is 11.3 Å². The molecule has 8 heteroatoms. The molecule has 5 rings (SSSR count). The van der Waals surface area contributed by atoms with Crippen molar-refractivity contribution in [2.45, 2.75) is 44.6 Å². The number of thiazole rings is 1. The fraction of sp³-hybridized carbons (Fsp3) is 0.522. The summed E-state index contributed by atoms with van der Waals surface area (Å²) in [4.78, 5) is 32.3. The largest absolute Gasteiger partial charge is 0.465 e. The molecule has 0 radical (unpaired) electrons. The fourth-order valence-electron chi connectivity index (χ4n) is 4.29. The summed E-state index contributed by atoms with van der Waals surface area (Å²) < 4.78 is 0. The predicted octanol–water partition coefficient (Wildman–Crippen LogP) is 4.52. The summed E-state index contributed by atoms with van der Waals surface area (Å²) in [6.07, 6.45) is 5.59. The first-order chi connectivity index (χ1) is 15.1. The molecule has 3 fully saturated rings. The quantitative estimate of drug-likeness (QED) is 0.630. The number of carbonyl (C=O) groups excluding carboxylic acids is 1. The highest BCUT2D eigenvalue weighted by molar-refractivity contribution is 7.14. The van der Waals surface area contributed by atoms with Gasteiger partial charge in [0.1, 0.15) is 6.04 Å². The molecule has 31 heavy (non-hydrogen) atoms. The van der Waals surface area contributed by atoms with Gasteiger partial charge in [0.15, 0.2) is 5.13 Å². The molecule has 2 heterocycles. The zero-order chi connectivity index (χ0) is 21.4. The van der Waals surface area contributed by atoms with Crippen LogP contribution in [0.4, 0.5) is 15.6 Å². The van der Waals surface area contributed by atoms with Crippen molar-refractivity contribution in [2.75, 3.05) is 29.9 Å². The Bertz CT molecular complexity index is 955. The van der Waals surface area contributed by atoms with Crippen molar-refractivity contribution in [2.24, 2.45) is 11.8 Å². The number of nitrogens with zero attached hydrogens (tertiary/aromatic N) is 3. The Morgan fingerprint density at radius 1 is 1.16 bits per heavy atom. The van der Waals surface area contributed by atoms with Crippen LogP contribution in [0.2, 0.25) is 0 Å². The summed E-state index contributed by atoms with van der Waals surface area (Å²) >= 11 is 1.37. The van der Waals surface area contributed by atoms with Gasteiger partial charge in [0.05, 0.1) is 5.69 Å². The van der Waals surface area contributed by atoms with E-state index in [0.717, 1.165) is 36.2 Å². The van der Waals surface area contributed by atoms with E-state index in [4.69, 9.17) is 0 Å². The van der Waals surface area contributed by atoms with Crippen molar-refractivity contribution in [3.05, 3.63) is 29.6 Å². The molecule has 3 aliphatic rings. The summed E-state index contributed by atoms with van der Waals surface area (Å²) in [6, 6.07) is 7.89. The number of anilines is 2. The van der Waals surface area contributed by atoms with Crippen molar-refractivity contribution < 1.29 is 14.7 Å². The average Bonchev–Trinajstić information content (AvgIpc) is 3.66. The highest BCUT2D eigenvalue weighted by Crippen LogP contribution is 2.37. The minimum Gasteiger partial charge on any atom is -0.465 e. The second kappa shape index (κ2) is 8.49. The van der Waals surface area contributed by atoms with Gasteiger partial charge in [0.25, 0.3) is 0 Å². The van der Waals surface area contributed by atoms with E-state index in [-0.39, 0.29) is 5.91 Å². The molecule has 1 saturated heterocycles. The summed E-state index contributed by atoms with van der Waals surface area (Å²) in [5.41, 5.74) is 3.12. The van der Waals surface area contributed by atoms with Crippen LogP contribution in [0, 0.1) is 11.8 Å². The lowest BCUT2D eigenvalue weighted by atomic mass is 10.1. The standard InChI is InChI=1S/C23H28N4O3S/c28-21(20-5-2-10-27(20)23(29)30)25-22-24-19(14-31-22)17-3-1-4-18(11-17)26(12-15-6-7-15)13-16-8-9-16/h1,3-4,11,14-16,20H,2,5-10,12-13H2,(H,29,30)(H,24,25,28). The van der Waals surface area contributed by atoms with Crippen molar-refractivity contribution in [3.63, 3.8) is 0 Å². The van der Waals surface area contributed by atoms with Crippen LogP contribution < -0.4 is 10.2 Å². The highest BCUT2D eigenvalue weighted by atomic mass is 32.1. The van der Waals surface area contributed by atoms with E-state index >= 15 is 0 Å². The summed E-state index contributed by atoms with van der Waals surface area (Å²) in [7, 11) is 0. The van der Waals surface area contributed by atoms with Crippen LogP contribution in [-0.2, 0) is 4.79 Å². The van der Waals surface area contributed by atoms with Gasteiger partial charge in [0, 0.05) is 36.3 Å². The van der Waals surface area contributed by atoms with Gasteiger partial charge in [-0.2, -0.15) is 0 Å². The molecule has 1 atom stereocenters. The number of aromatic nitrogens is 1. The maximum absolute atomic E-state index is 12.6. The Kier molecular flexibility index (Phi) is 5.56. The molecule has 2 amide bonds. The predicted molar refractivity (Wildman–Crippen MR) is 122 cm³/mol. The third-order valence-corrected chi connectivity index (χ3v) is 7.15. The van der Waals surface area contributed by atoms with E-state index in [9.17, 15) is 14.7 Å². The number of benzene rings is 1. The Morgan fingerprint density at radius 2 is 1.90 bits per heavy atom. The number of rotatable bonds is 8. The second-order valence-corrected chi connectivity index (χ2v) is 9.86. The number of hydrogen-bond donors (Lipinski definition) is 2. The van der Waals surface area contributed by atoms with Gasteiger partial charge in [-0.05, 0) is 62.5 Å². The lowest BCUT2D eigenvalue weighted by Crippen LogP contribution is -2.42. The maximum Gasteiger partial charge on any atom is 0.407 e. The number of carboxylic acid groups (broad SMARTS) is 1. The van der Waals surface area contributed by atoms with Crippen LogP contribution in [0.3, 0.4) is 0 Å². The Labute approximate surface area is 186 Å². The lowest BCUT2D eigenvalue weighted by Gasteiger charge is -2.25. The minimum absolute atomic E-state index is 0.297. The Hall–Kier alpha value is -2.61. The van der Waals surface area contributed by atoms with E-state index in [1.807, 2.05) is 5.38 Å². The molecule has 2 saturated carbocycles. The van der Waals surface area contributed by atoms with Crippen LogP contribution in [0.5, 0.6) is 0 Å². The van der Waals surface area contributed by atoms with Gasteiger partial charge in [0.2, 0.25) is 5.91 Å². The zero-order valence-corrected chi connectivity index (χ0v) is 18.3. The van der Waals surface area contributed by atoms with E-state index in [2.05, 4.69) is 39.5 Å². The van der Waals surface area contributed by atoms with Gasteiger partial charge < -0.3 is 15.3 Å². The molecule has 1 aliphatic heterocycles. The topological polar surface area (TPSA) is 85.8 Å². The van der Waals surface area contributed by atoms with Crippen LogP contribution in [-0.4, -0.2) is 52.7 Å². The molecule has 2 aliphatic carbocycles. The van der Waals surface area contributed by atoms with Crippen LogP contribution in [0.1, 0.15) is 38.5 Å². The normalized spacial score (nSPS) is 20.6. The van der Waals surface area contributed by atoms with Crippen molar-refractivity contribution in [1.29, 1.82) is 0 Å². The number of likely N-dealkylation sites (tertiary alicyclic amines) is 1. The van der Waals surface area contributed by atoms with Crippen molar-refractivity contribution in [1.82, 2.24) is 9.88 Å².